The van der Waals surface area contributed by atoms with Gasteiger partial charge in [0.1, 0.15) is 0 Å². The molecule has 0 radical (unpaired) electrons. The van der Waals surface area contributed by atoms with Crippen LogP contribution in [-0.2, 0) is 0 Å². The van der Waals surface area contributed by atoms with E-state index in [2.05, 4.69) is 26.8 Å². The largest absolute Gasteiger partial charge is 0.288 e. The van der Waals surface area contributed by atoms with Crippen molar-refractivity contribution in [2.45, 2.75) is 0 Å². The number of hydrogen-bond donors (Lipinski definition) is 2. The molecule has 0 atom stereocenters. The molecule has 0 aliphatic heterocycles. The van der Waals surface area contributed by atoms with Crippen LogP contribution in [0.15, 0.2) is 28.7 Å². The van der Waals surface area contributed by atoms with E-state index < -0.39 is 0 Å². The lowest BCUT2D eigenvalue weighted by molar-refractivity contribution is 0.0938. The number of nitrogens with one attached hydrogen (secondary N) is 2. The Balaban J connectivity index is 2.81. The Bertz CT molecular complexity index is 288. The van der Waals surface area contributed by atoms with Gasteiger partial charge < -0.3 is 0 Å². The molecule has 0 aliphatic rings. The van der Waals surface area contributed by atoms with Crippen LogP contribution in [0, 0.1) is 0 Å². The van der Waals surface area contributed by atoms with E-state index >= 15 is 0 Å². The fourth-order valence-corrected chi connectivity index (χ4v) is 1.21. The van der Waals surface area contributed by atoms with Crippen LogP contribution in [-0.4, -0.2) is 13.0 Å². The Morgan fingerprint density at radius 1 is 1.50 bits per heavy atom. The molecule has 1 aromatic carbocycles. The lowest BCUT2D eigenvalue weighted by Crippen LogP contribution is -2.34. The Morgan fingerprint density at radius 2 is 2.25 bits per heavy atom. The van der Waals surface area contributed by atoms with E-state index in [1.807, 2.05) is 12.1 Å². The molecule has 0 spiro atoms. The molecule has 1 amide bonds. The Hall–Kier alpha value is -0.870. The summed E-state index contributed by atoms with van der Waals surface area (Å²) < 4.78 is 0.895. The lowest BCUT2D eigenvalue weighted by atomic mass is 10.2. The second kappa shape index (κ2) is 4.23. The van der Waals surface area contributed by atoms with Crippen LogP contribution >= 0.6 is 15.9 Å². The first-order chi connectivity index (χ1) is 5.74. The molecular weight excluding hydrogens is 220 g/mol. The molecule has 0 fully saturated rings. The SMILES string of the molecule is CNNC(=O)c1cccc(Br)c1. The first-order valence-electron chi connectivity index (χ1n) is 3.46. The van der Waals surface area contributed by atoms with Crippen LogP contribution < -0.4 is 10.9 Å². The zero-order chi connectivity index (χ0) is 8.97. The van der Waals surface area contributed by atoms with Gasteiger partial charge in [0, 0.05) is 17.1 Å². The van der Waals surface area contributed by atoms with Gasteiger partial charge in [0.05, 0.1) is 0 Å². The Kier molecular flexibility index (Phi) is 3.25. The summed E-state index contributed by atoms with van der Waals surface area (Å²) in [7, 11) is 1.65. The maximum absolute atomic E-state index is 11.2. The number of carbonyl (C=O) groups excluding carboxylic acids is 1. The zero-order valence-corrected chi connectivity index (χ0v) is 8.18. The van der Waals surface area contributed by atoms with E-state index in [1.54, 1.807) is 19.2 Å². The van der Waals surface area contributed by atoms with Gasteiger partial charge in [-0.2, -0.15) is 0 Å². The number of rotatable bonds is 2. The van der Waals surface area contributed by atoms with Crippen molar-refractivity contribution in [3.8, 4) is 0 Å². The third kappa shape index (κ3) is 2.32. The van der Waals surface area contributed by atoms with Gasteiger partial charge in [0.15, 0.2) is 0 Å². The minimum absolute atomic E-state index is 0.140. The summed E-state index contributed by atoms with van der Waals surface area (Å²) in [5.74, 6) is -0.140. The summed E-state index contributed by atoms with van der Waals surface area (Å²) in [6.07, 6.45) is 0. The van der Waals surface area contributed by atoms with E-state index in [0.29, 0.717) is 5.56 Å². The van der Waals surface area contributed by atoms with Crippen LogP contribution in [0.2, 0.25) is 0 Å². The predicted molar refractivity (Wildman–Crippen MR) is 50.7 cm³/mol. The second-order valence-electron chi connectivity index (χ2n) is 2.21. The maximum Gasteiger partial charge on any atom is 0.265 e. The summed E-state index contributed by atoms with van der Waals surface area (Å²) in [6.45, 7) is 0. The normalized spacial score (nSPS) is 9.50. The van der Waals surface area contributed by atoms with Crippen LogP contribution in [0.1, 0.15) is 10.4 Å². The van der Waals surface area contributed by atoms with Crippen LogP contribution in [0.5, 0.6) is 0 Å². The van der Waals surface area contributed by atoms with Crippen molar-refractivity contribution in [3.63, 3.8) is 0 Å². The van der Waals surface area contributed by atoms with Gasteiger partial charge in [-0.25, -0.2) is 5.43 Å². The standard InChI is InChI=1S/C8H9BrN2O/c1-10-11-8(12)6-3-2-4-7(9)5-6/h2-5,10H,1H3,(H,11,12). The van der Waals surface area contributed by atoms with Gasteiger partial charge in [-0.05, 0) is 18.2 Å². The van der Waals surface area contributed by atoms with Gasteiger partial charge in [-0.15, -0.1) is 0 Å². The molecule has 12 heavy (non-hydrogen) atoms. The zero-order valence-electron chi connectivity index (χ0n) is 6.60. The molecule has 0 saturated heterocycles. The van der Waals surface area contributed by atoms with Crippen molar-refractivity contribution in [1.82, 2.24) is 10.9 Å². The molecule has 0 unspecified atom stereocenters. The highest BCUT2D eigenvalue weighted by Gasteiger charge is 2.02. The van der Waals surface area contributed by atoms with Crippen molar-refractivity contribution in [2.75, 3.05) is 7.05 Å². The second-order valence-corrected chi connectivity index (χ2v) is 3.13. The first kappa shape index (κ1) is 9.22. The van der Waals surface area contributed by atoms with E-state index in [4.69, 9.17) is 0 Å². The molecule has 0 saturated carbocycles. The van der Waals surface area contributed by atoms with Crippen molar-refractivity contribution in [2.24, 2.45) is 0 Å². The van der Waals surface area contributed by atoms with Crippen molar-refractivity contribution < 1.29 is 4.79 Å². The fraction of sp³-hybridized carbons (Fsp3) is 0.125. The lowest BCUT2D eigenvalue weighted by Gasteiger charge is -2.02. The van der Waals surface area contributed by atoms with Crippen LogP contribution in [0.25, 0.3) is 0 Å². The minimum Gasteiger partial charge on any atom is -0.288 e. The van der Waals surface area contributed by atoms with Crippen molar-refractivity contribution >= 4 is 21.8 Å². The fourth-order valence-electron chi connectivity index (χ4n) is 0.815. The Morgan fingerprint density at radius 3 is 2.83 bits per heavy atom. The molecule has 1 rings (SSSR count). The summed E-state index contributed by atoms with van der Waals surface area (Å²) in [5.41, 5.74) is 5.67. The minimum atomic E-state index is -0.140. The molecular formula is C8H9BrN2O. The summed E-state index contributed by atoms with van der Waals surface area (Å²) >= 11 is 3.28. The Labute approximate surface area is 79.3 Å². The molecule has 0 aromatic heterocycles. The number of benzene rings is 1. The highest BCUT2D eigenvalue weighted by Crippen LogP contribution is 2.10. The quantitative estimate of drug-likeness (QED) is 0.750. The predicted octanol–water partition coefficient (Wildman–Crippen LogP) is 1.31. The monoisotopic (exact) mass is 228 g/mol. The summed E-state index contributed by atoms with van der Waals surface area (Å²) in [6, 6.07) is 7.19. The molecule has 4 heteroatoms. The van der Waals surface area contributed by atoms with Gasteiger partial charge in [-0.1, -0.05) is 22.0 Å². The molecule has 64 valence electrons. The van der Waals surface area contributed by atoms with Gasteiger partial charge in [0.25, 0.3) is 5.91 Å². The number of amides is 1. The topological polar surface area (TPSA) is 41.1 Å². The van der Waals surface area contributed by atoms with Gasteiger partial charge in [-0.3, -0.25) is 10.2 Å². The summed E-state index contributed by atoms with van der Waals surface area (Å²) in [5, 5.41) is 0. The molecule has 0 aliphatic carbocycles. The van der Waals surface area contributed by atoms with Crippen LogP contribution in [0.3, 0.4) is 0 Å². The van der Waals surface area contributed by atoms with E-state index in [-0.39, 0.29) is 5.91 Å². The molecule has 0 bridgehead atoms. The smallest absolute Gasteiger partial charge is 0.265 e. The third-order valence-electron chi connectivity index (χ3n) is 1.33. The molecule has 0 heterocycles. The molecule has 3 nitrogen and oxygen atoms in total. The summed E-state index contributed by atoms with van der Waals surface area (Å²) in [4.78, 5) is 11.2. The van der Waals surface area contributed by atoms with Gasteiger partial charge in [0.2, 0.25) is 0 Å². The van der Waals surface area contributed by atoms with E-state index in [1.165, 1.54) is 0 Å². The highest BCUT2D eigenvalue weighted by atomic mass is 79.9. The van der Waals surface area contributed by atoms with Crippen molar-refractivity contribution in [3.05, 3.63) is 34.3 Å². The van der Waals surface area contributed by atoms with Crippen molar-refractivity contribution in [1.29, 1.82) is 0 Å². The third-order valence-corrected chi connectivity index (χ3v) is 1.82. The molecule has 2 N–H and O–H groups in total. The number of carbonyl (C=O) groups is 1. The molecule has 1 aromatic rings. The average molecular weight is 229 g/mol. The number of hydrazine groups is 1. The van der Waals surface area contributed by atoms with E-state index in [0.717, 1.165) is 4.47 Å². The first-order valence-corrected chi connectivity index (χ1v) is 4.26. The van der Waals surface area contributed by atoms with E-state index in [9.17, 15) is 4.79 Å². The van der Waals surface area contributed by atoms with Gasteiger partial charge >= 0.3 is 0 Å². The maximum atomic E-state index is 11.2. The number of hydrogen-bond acceptors (Lipinski definition) is 2. The average Bonchev–Trinajstić information content (AvgIpc) is 2.05. The highest BCUT2D eigenvalue weighted by molar-refractivity contribution is 9.10. The van der Waals surface area contributed by atoms with Crippen LogP contribution in [0.4, 0.5) is 0 Å². The number of halogens is 1.